The van der Waals surface area contributed by atoms with E-state index in [4.69, 9.17) is 5.26 Å². The van der Waals surface area contributed by atoms with Crippen molar-refractivity contribution in [3.63, 3.8) is 0 Å². The molecule has 0 saturated carbocycles. The van der Waals surface area contributed by atoms with Gasteiger partial charge in [-0.3, -0.25) is 0 Å². The first-order valence-electron chi connectivity index (χ1n) is 5.70. The van der Waals surface area contributed by atoms with Crippen molar-refractivity contribution < 1.29 is 17.9 Å². The minimum absolute atomic E-state index is 0.119. The topological polar surface area (TPSA) is 45.0 Å². The number of nitrogens with zero attached hydrogens (tertiary/aromatic N) is 1. The minimum Gasteiger partial charge on any atom is -0.404 e. The number of nitriles is 1. The number of anilines is 2. The van der Waals surface area contributed by atoms with Gasteiger partial charge in [0.05, 0.1) is 16.9 Å². The van der Waals surface area contributed by atoms with Gasteiger partial charge in [-0.2, -0.15) is 5.26 Å². The van der Waals surface area contributed by atoms with Gasteiger partial charge in [-0.15, -0.1) is 13.2 Å². The summed E-state index contributed by atoms with van der Waals surface area (Å²) in [6.07, 6.45) is -4.78. The first kappa shape index (κ1) is 15.2. The summed E-state index contributed by atoms with van der Waals surface area (Å²) in [5, 5.41) is 11.8. The predicted octanol–water partition coefficient (Wildman–Crippen LogP) is 4.96. The molecule has 3 nitrogen and oxygen atoms in total. The molecule has 0 unspecified atom stereocenters. The normalized spacial score (nSPS) is 10.8. The molecule has 108 valence electrons. The van der Waals surface area contributed by atoms with Gasteiger partial charge in [-0.05, 0) is 30.3 Å². The molecule has 0 aliphatic carbocycles. The zero-order valence-corrected chi connectivity index (χ0v) is 12.0. The van der Waals surface area contributed by atoms with Crippen LogP contribution in [0, 0.1) is 11.3 Å². The van der Waals surface area contributed by atoms with Gasteiger partial charge in [0.2, 0.25) is 0 Å². The van der Waals surface area contributed by atoms with Crippen LogP contribution in [0.25, 0.3) is 0 Å². The number of benzene rings is 2. The van der Waals surface area contributed by atoms with E-state index in [-0.39, 0.29) is 11.4 Å². The Balaban J connectivity index is 2.35. The summed E-state index contributed by atoms with van der Waals surface area (Å²) in [7, 11) is 0. The number of alkyl halides is 3. The lowest BCUT2D eigenvalue weighted by Gasteiger charge is -2.15. The third kappa shape index (κ3) is 4.13. The molecule has 0 saturated heterocycles. The summed E-state index contributed by atoms with van der Waals surface area (Å²) in [6, 6.07) is 12.4. The van der Waals surface area contributed by atoms with E-state index >= 15 is 0 Å². The van der Waals surface area contributed by atoms with Crippen molar-refractivity contribution in [2.75, 3.05) is 5.32 Å². The molecular weight excluding hydrogens is 349 g/mol. The molecule has 0 aliphatic heterocycles. The molecule has 0 amide bonds. The minimum atomic E-state index is -4.78. The summed E-state index contributed by atoms with van der Waals surface area (Å²) >= 11 is 3.22. The van der Waals surface area contributed by atoms with Gasteiger partial charge in [0.1, 0.15) is 6.07 Å². The second-order valence-electron chi connectivity index (χ2n) is 3.97. The summed E-state index contributed by atoms with van der Waals surface area (Å²) in [5.41, 5.74) is 0.804. The van der Waals surface area contributed by atoms with E-state index in [1.807, 2.05) is 6.07 Å². The van der Waals surface area contributed by atoms with E-state index in [2.05, 4.69) is 26.0 Å². The van der Waals surface area contributed by atoms with Crippen LogP contribution in [0.15, 0.2) is 46.9 Å². The summed E-state index contributed by atoms with van der Waals surface area (Å²) < 4.78 is 41.7. The van der Waals surface area contributed by atoms with E-state index < -0.39 is 6.36 Å². The highest BCUT2D eigenvalue weighted by Crippen LogP contribution is 2.33. The number of para-hydroxylation sites is 2. The average Bonchev–Trinajstić information content (AvgIpc) is 2.41. The quantitative estimate of drug-likeness (QED) is 0.844. The van der Waals surface area contributed by atoms with E-state index in [0.717, 1.165) is 0 Å². The number of hydrogen-bond donors (Lipinski definition) is 1. The van der Waals surface area contributed by atoms with Crippen LogP contribution in [0.3, 0.4) is 0 Å². The number of rotatable bonds is 3. The van der Waals surface area contributed by atoms with Gasteiger partial charge in [-0.1, -0.05) is 28.1 Å². The van der Waals surface area contributed by atoms with Gasteiger partial charge < -0.3 is 10.1 Å². The maximum atomic E-state index is 12.3. The highest BCUT2D eigenvalue weighted by atomic mass is 79.9. The first-order valence-corrected chi connectivity index (χ1v) is 6.50. The second kappa shape index (κ2) is 6.06. The fourth-order valence-corrected chi connectivity index (χ4v) is 2.01. The van der Waals surface area contributed by atoms with Gasteiger partial charge >= 0.3 is 6.36 Å². The Morgan fingerprint density at radius 3 is 2.48 bits per heavy atom. The van der Waals surface area contributed by atoms with Crippen LogP contribution in [0.5, 0.6) is 5.75 Å². The van der Waals surface area contributed by atoms with E-state index in [1.165, 1.54) is 18.2 Å². The Labute approximate surface area is 127 Å². The van der Waals surface area contributed by atoms with Crippen molar-refractivity contribution in [1.29, 1.82) is 5.26 Å². The molecule has 0 radical (unpaired) electrons. The second-order valence-corrected chi connectivity index (χ2v) is 4.89. The predicted molar refractivity (Wildman–Crippen MR) is 75.3 cm³/mol. The van der Waals surface area contributed by atoms with Crippen molar-refractivity contribution in [3.8, 4) is 11.8 Å². The van der Waals surface area contributed by atoms with Crippen LogP contribution < -0.4 is 10.1 Å². The van der Waals surface area contributed by atoms with E-state index in [9.17, 15) is 13.2 Å². The smallest absolute Gasteiger partial charge is 0.404 e. The van der Waals surface area contributed by atoms with Crippen molar-refractivity contribution in [1.82, 2.24) is 0 Å². The Kier molecular flexibility index (Phi) is 4.38. The van der Waals surface area contributed by atoms with Crippen LogP contribution in [-0.4, -0.2) is 6.36 Å². The van der Waals surface area contributed by atoms with Gasteiger partial charge in [-0.25, -0.2) is 0 Å². The number of halogens is 4. The summed E-state index contributed by atoms with van der Waals surface area (Å²) in [4.78, 5) is 0. The largest absolute Gasteiger partial charge is 0.573 e. The van der Waals surface area contributed by atoms with E-state index in [1.54, 1.807) is 24.3 Å². The third-order valence-electron chi connectivity index (χ3n) is 2.48. The molecule has 21 heavy (non-hydrogen) atoms. The van der Waals surface area contributed by atoms with E-state index in [0.29, 0.717) is 15.7 Å². The van der Waals surface area contributed by atoms with Gasteiger partial charge in [0.15, 0.2) is 5.75 Å². The number of ether oxygens (including phenoxy) is 1. The molecule has 2 rings (SSSR count). The summed E-state index contributed by atoms with van der Waals surface area (Å²) in [6.45, 7) is 0. The molecule has 0 fully saturated rings. The molecular formula is C14H8BrF3N2O. The lowest BCUT2D eigenvalue weighted by molar-refractivity contribution is -0.274. The summed E-state index contributed by atoms with van der Waals surface area (Å²) in [5.74, 6) is -0.364. The molecule has 0 bridgehead atoms. The standard InChI is InChI=1S/C14H8BrF3N2O/c15-10-5-6-11(9(7-10)8-19)20-12-3-1-2-4-13(12)21-14(16,17)18/h1-7,20H. The van der Waals surface area contributed by atoms with Crippen molar-refractivity contribution in [2.24, 2.45) is 0 Å². The average molecular weight is 357 g/mol. The first-order chi connectivity index (χ1) is 9.89. The fourth-order valence-electron chi connectivity index (χ4n) is 1.65. The molecule has 1 N–H and O–H groups in total. The Bertz CT molecular complexity index is 695. The molecule has 2 aromatic rings. The Morgan fingerprint density at radius 2 is 1.81 bits per heavy atom. The molecule has 0 aromatic heterocycles. The Morgan fingerprint density at radius 1 is 1.10 bits per heavy atom. The Hall–Kier alpha value is -2.20. The van der Waals surface area contributed by atoms with Crippen LogP contribution in [0.1, 0.15) is 5.56 Å². The SMILES string of the molecule is N#Cc1cc(Br)ccc1Nc1ccccc1OC(F)(F)F. The zero-order valence-electron chi connectivity index (χ0n) is 10.4. The maximum Gasteiger partial charge on any atom is 0.573 e. The molecule has 7 heteroatoms. The van der Waals surface area contributed by atoms with Gasteiger partial charge in [0, 0.05) is 4.47 Å². The lowest BCUT2D eigenvalue weighted by atomic mass is 10.2. The van der Waals surface area contributed by atoms with Crippen LogP contribution in [0.2, 0.25) is 0 Å². The fraction of sp³-hybridized carbons (Fsp3) is 0.0714. The highest BCUT2D eigenvalue weighted by molar-refractivity contribution is 9.10. The van der Waals surface area contributed by atoms with Crippen molar-refractivity contribution in [2.45, 2.75) is 6.36 Å². The molecule has 0 heterocycles. The number of hydrogen-bond acceptors (Lipinski definition) is 3. The van der Waals surface area contributed by atoms with Crippen LogP contribution in [0.4, 0.5) is 24.5 Å². The van der Waals surface area contributed by atoms with Crippen molar-refractivity contribution >= 4 is 27.3 Å². The lowest BCUT2D eigenvalue weighted by Crippen LogP contribution is -2.17. The van der Waals surface area contributed by atoms with Crippen LogP contribution in [-0.2, 0) is 0 Å². The number of nitrogens with one attached hydrogen (secondary N) is 1. The molecule has 0 aliphatic rings. The van der Waals surface area contributed by atoms with Crippen molar-refractivity contribution in [3.05, 3.63) is 52.5 Å². The monoisotopic (exact) mass is 356 g/mol. The zero-order chi connectivity index (χ0) is 15.5. The molecule has 2 aromatic carbocycles. The third-order valence-corrected chi connectivity index (χ3v) is 2.98. The molecule has 0 atom stereocenters. The molecule has 0 spiro atoms. The maximum absolute atomic E-state index is 12.3. The van der Waals surface area contributed by atoms with Crippen LogP contribution >= 0.6 is 15.9 Å². The highest BCUT2D eigenvalue weighted by Gasteiger charge is 2.32. The van der Waals surface area contributed by atoms with Gasteiger partial charge in [0.25, 0.3) is 0 Å².